The summed E-state index contributed by atoms with van der Waals surface area (Å²) in [6.45, 7) is 3.51. The molecule has 3 nitrogen and oxygen atoms in total. The van der Waals surface area contributed by atoms with Crippen LogP contribution in [-0.4, -0.2) is 12.3 Å². The Balaban J connectivity index is 2.52. The minimum Gasteiger partial charge on any atom is -0.431 e. The van der Waals surface area contributed by atoms with E-state index in [1.807, 2.05) is 0 Å². The second-order valence-electron chi connectivity index (χ2n) is 2.97. The summed E-state index contributed by atoms with van der Waals surface area (Å²) in [4.78, 5) is 11.0. The molecule has 0 aliphatic heterocycles. The Morgan fingerprint density at radius 3 is 2.36 bits per heavy atom. The monoisotopic (exact) mass is 214 g/mol. The second kappa shape index (κ2) is 4.86. The highest BCUT2D eigenvalue weighted by Gasteiger charge is 2.07. The van der Waals surface area contributed by atoms with Gasteiger partial charge in [0, 0.05) is 5.02 Å². The molecule has 1 aromatic rings. The summed E-state index contributed by atoms with van der Waals surface area (Å²) in [7, 11) is 0. The SMILES string of the molecule is CC(C)OC(=O)Oc1ccc(Cl)cc1. The van der Waals surface area contributed by atoms with Crippen molar-refractivity contribution < 1.29 is 14.3 Å². The molecule has 0 N–H and O–H groups in total. The molecule has 0 amide bonds. The smallest absolute Gasteiger partial charge is 0.431 e. The van der Waals surface area contributed by atoms with Gasteiger partial charge in [-0.3, -0.25) is 0 Å². The summed E-state index contributed by atoms with van der Waals surface area (Å²) in [6.07, 6.45) is -0.892. The maximum Gasteiger partial charge on any atom is 0.514 e. The number of carbonyl (C=O) groups excluding carboxylic acids is 1. The van der Waals surface area contributed by atoms with E-state index in [1.54, 1.807) is 38.1 Å². The molecule has 0 saturated carbocycles. The summed E-state index contributed by atoms with van der Waals surface area (Å²) in [5.41, 5.74) is 0. The zero-order chi connectivity index (χ0) is 10.6. The van der Waals surface area contributed by atoms with E-state index in [9.17, 15) is 4.79 Å². The van der Waals surface area contributed by atoms with Gasteiger partial charge in [-0.2, -0.15) is 0 Å². The van der Waals surface area contributed by atoms with Gasteiger partial charge in [-0.1, -0.05) is 11.6 Å². The van der Waals surface area contributed by atoms with Crippen molar-refractivity contribution in [3.8, 4) is 5.75 Å². The molecule has 0 aromatic heterocycles. The first-order valence-corrected chi connectivity index (χ1v) is 4.60. The molecule has 0 unspecified atom stereocenters. The predicted molar refractivity (Wildman–Crippen MR) is 53.7 cm³/mol. The molecule has 0 fully saturated rings. The lowest BCUT2D eigenvalue weighted by Gasteiger charge is -2.07. The molecule has 1 rings (SSSR count). The van der Waals surface area contributed by atoms with Gasteiger partial charge in [0.25, 0.3) is 0 Å². The van der Waals surface area contributed by atoms with Crippen molar-refractivity contribution in [1.29, 1.82) is 0 Å². The molecule has 0 saturated heterocycles. The number of carbonyl (C=O) groups is 1. The summed E-state index contributed by atoms with van der Waals surface area (Å²) in [5.74, 6) is 0.417. The first-order valence-electron chi connectivity index (χ1n) is 4.22. The number of ether oxygens (including phenoxy) is 2. The lowest BCUT2D eigenvalue weighted by atomic mass is 10.3. The molecule has 0 aliphatic carbocycles. The zero-order valence-corrected chi connectivity index (χ0v) is 8.75. The third-order valence-corrected chi connectivity index (χ3v) is 1.60. The average Bonchev–Trinajstić information content (AvgIpc) is 2.07. The van der Waals surface area contributed by atoms with Crippen LogP contribution in [0.3, 0.4) is 0 Å². The summed E-state index contributed by atoms with van der Waals surface area (Å²) >= 11 is 5.66. The fraction of sp³-hybridized carbons (Fsp3) is 0.300. The first-order chi connectivity index (χ1) is 6.58. The van der Waals surface area contributed by atoms with Crippen LogP contribution in [0.1, 0.15) is 13.8 Å². The third-order valence-electron chi connectivity index (χ3n) is 1.35. The Hall–Kier alpha value is -1.22. The highest BCUT2D eigenvalue weighted by Crippen LogP contribution is 2.16. The lowest BCUT2D eigenvalue weighted by Crippen LogP contribution is -2.15. The van der Waals surface area contributed by atoms with Crippen LogP contribution in [0.5, 0.6) is 5.75 Å². The molecule has 76 valence electrons. The van der Waals surface area contributed by atoms with Crippen LogP contribution in [0, 0.1) is 0 Å². The van der Waals surface area contributed by atoms with E-state index < -0.39 is 6.16 Å². The van der Waals surface area contributed by atoms with Crippen LogP contribution in [0.2, 0.25) is 5.02 Å². The third kappa shape index (κ3) is 3.66. The number of halogens is 1. The molecule has 1 aromatic carbocycles. The topological polar surface area (TPSA) is 35.5 Å². The van der Waals surface area contributed by atoms with Crippen molar-refractivity contribution in [3.63, 3.8) is 0 Å². The van der Waals surface area contributed by atoms with Gasteiger partial charge in [0.15, 0.2) is 0 Å². The molecule has 0 aliphatic rings. The van der Waals surface area contributed by atoms with E-state index in [0.717, 1.165) is 0 Å². The van der Waals surface area contributed by atoms with Gasteiger partial charge < -0.3 is 9.47 Å². The van der Waals surface area contributed by atoms with Gasteiger partial charge in [-0.05, 0) is 38.1 Å². The molecule has 14 heavy (non-hydrogen) atoms. The standard InChI is InChI=1S/C10H11ClO3/c1-7(2)13-10(12)14-9-5-3-8(11)4-6-9/h3-7H,1-2H3. The van der Waals surface area contributed by atoms with Crippen LogP contribution in [0.15, 0.2) is 24.3 Å². The number of hydrogen-bond acceptors (Lipinski definition) is 3. The van der Waals surface area contributed by atoms with E-state index in [4.69, 9.17) is 21.1 Å². The van der Waals surface area contributed by atoms with Crippen molar-refractivity contribution in [2.75, 3.05) is 0 Å². The summed E-state index contributed by atoms with van der Waals surface area (Å²) < 4.78 is 9.65. The minimum absolute atomic E-state index is 0.185. The van der Waals surface area contributed by atoms with Crippen LogP contribution >= 0.6 is 11.6 Å². The number of benzene rings is 1. The molecule has 0 heterocycles. The Kier molecular flexibility index (Phi) is 3.77. The van der Waals surface area contributed by atoms with E-state index >= 15 is 0 Å². The van der Waals surface area contributed by atoms with Crippen molar-refractivity contribution in [3.05, 3.63) is 29.3 Å². The Morgan fingerprint density at radius 2 is 1.86 bits per heavy atom. The Labute approximate surface area is 87.6 Å². The van der Waals surface area contributed by atoms with Crippen molar-refractivity contribution in [2.45, 2.75) is 20.0 Å². The summed E-state index contributed by atoms with van der Waals surface area (Å²) in [6, 6.07) is 6.48. The fourth-order valence-corrected chi connectivity index (χ4v) is 0.941. The van der Waals surface area contributed by atoms with Crippen LogP contribution in [0.25, 0.3) is 0 Å². The molecular formula is C10H11ClO3. The lowest BCUT2D eigenvalue weighted by molar-refractivity contribution is 0.0729. The number of rotatable bonds is 2. The van der Waals surface area contributed by atoms with E-state index in [0.29, 0.717) is 10.8 Å². The van der Waals surface area contributed by atoms with Crippen LogP contribution < -0.4 is 4.74 Å². The quantitative estimate of drug-likeness (QED) is 0.560. The van der Waals surface area contributed by atoms with E-state index in [1.165, 1.54) is 0 Å². The van der Waals surface area contributed by atoms with E-state index in [-0.39, 0.29) is 6.10 Å². The van der Waals surface area contributed by atoms with E-state index in [2.05, 4.69) is 0 Å². The normalized spacial score (nSPS) is 10.0. The largest absolute Gasteiger partial charge is 0.514 e. The van der Waals surface area contributed by atoms with Crippen molar-refractivity contribution in [1.82, 2.24) is 0 Å². The molecule has 0 spiro atoms. The predicted octanol–water partition coefficient (Wildman–Crippen LogP) is 3.26. The Bertz CT molecular complexity index is 306. The van der Waals surface area contributed by atoms with Gasteiger partial charge in [-0.25, -0.2) is 4.79 Å². The molecular weight excluding hydrogens is 204 g/mol. The first kappa shape index (κ1) is 10.9. The van der Waals surface area contributed by atoms with Gasteiger partial charge in [0.05, 0.1) is 6.10 Å². The van der Waals surface area contributed by atoms with Gasteiger partial charge >= 0.3 is 6.16 Å². The van der Waals surface area contributed by atoms with Crippen molar-refractivity contribution in [2.24, 2.45) is 0 Å². The van der Waals surface area contributed by atoms with Gasteiger partial charge in [-0.15, -0.1) is 0 Å². The molecule has 0 atom stereocenters. The highest BCUT2D eigenvalue weighted by molar-refractivity contribution is 6.30. The van der Waals surface area contributed by atoms with Crippen LogP contribution in [-0.2, 0) is 4.74 Å². The zero-order valence-electron chi connectivity index (χ0n) is 7.99. The fourth-order valence-electron chi connectivity index (χ4n) is 0.815. The minimum atomic E-state index is -0.706. The maximum atomic E-state index is 11.0. The van der Waals surface area contributed by atoms with Crippen molar-refractivity contribution >= 4 is 17.8 Å². The maximum absolute atomic E-state index is 11.0. The summed E-state index contributed by atoms with van der Waals surface area (Å²) in [5, 5.41) is 0.592. The van der Waals surface area contributed by atoms with Crippen LogP contribution in [0.4, 0.5) is 4.79 Å². The highest BCUT2D eigenvalue weighted by atomic mass is 35.5. The Morgan fingerprint density at radius 1 is 1.29 bits per heavy atom. The van der Waals surface area contributed by atoms with Gasteiger partial charge in [0.2, 0.25) is 0 Å². The molecule has 0 bridgehead atoms. The average molecular weight is 215 g/mol. The van der Waals surface area contributed by atoms with Gasteiger partial charge in [0.1, 0.15) is 5.75 Å². The second-order valence-corrected chi connectivity index (χ2v) is 3.41. The molecule has 4 heteroatoms. The molecule has 0 radical (unpaired) electrons. The number of hydrogen-bond donors (Lipinski definition) is 0.